The maximum Gasteiger partial charge on any atom is 0.203 e. The van der Waals surface area contributed by atoms with E-state index >= 15 is 0 Å². The van der Waals surface area contributed by atoms with Crippen molar-refractivity contribution in [3.63, 3.8) is 0 Å². The molecule has 3 heterocycles. The van der Waals surface area contributed by atoms with E-state index in [0.29, 0.717) is 11.7 Å². The van der Waals surface area contributed by atoms with E-state index in [4.69, 9.17) is 0 Å². The van der Waals surface area contributed by atoms with Crippen molar-refractivity contribution >= 4 is 17.2 Å². The van der Waals surface area contributed by atoms with Crippen molar-refractivity contribution in [1.82, 2.24) is 19.6 Å². The number of phenolic OH excluding ortho intramolecular Hbond substituents is 1. The number of benzene rings is 1. The van der Waals surface area contributed by atoms with Gasteiger partial charge < -0.3 is 14.9 Å². The molecular weight excluding hydrogens is 316 g/mol. The predicted molar refractivity (Wildman–Crippen MR) is 95.3 cm³/mol. The number of hydrogen-bond acceptors (Lipinski definition) is 6. The van der Waals surface area contributed by atoms with Crippen LogP contribution in [-0.2, 0) is 0 Å². The first-order chi connectivity index (χ1) is 12.3. The maximum absolute atomic E-state index is 10.1. The second-order valence-corrected chi connectivity index (χ2v) is 6.74. The fraction of sp³-hybridized carbons (Fsp3) is 0.389. The van der Waals surface area contributed by atoms with Crippen LogP contribution in [0.4, 0.5) is 11.5 Å². The molecule has 2 fully saturated rings. The van der Waals surface area contributed by atoms with Gasteiger partial charge in [0.25, 0.3) is 0 Å². The van der Waals surface area contributed by atoms with Crippen LogP contribution in [-0.4, -0.2) is 50.9 Å². The van der Waals surface area contributed by atoms with Gasteiger partial charge in [0.15, 0.2) is 5.82 Å². The van der Waals surface area contributed by atoms with Crippen LogP contribution < -0.4 is 9.80 Å². The summed E-state index contributed by atoms with van der Waals surface area (Å²) in [7, 11) is 0. The summed E-state index contributed by atoms with van der Waals surface area (Å²) in [5.74, 6) is 2.86. The number of para-hydroxylation sites is 2. The van der Waals surface area contributed by atoms with Crippen molar-refractivity contribution in [2.24, 2.45) is 0 Å². The molecular formula is C18H20N6O. The van der Waals surface area contributed by atoms with E-state index < -0.39 is 0 Å². The molecule has 0 amide bonds. The molecule has 1 aliphatic heterocycles. The molecule has 128 valence electrons. The van der Waals surface area contributed by atoms with Crippen LogP contribution >= 0.6 is 0 Å². The fourth-order valence-electron chi connectivity index (χ4n) is 3.56. The number of rotatable bonds is 3. The predicted octanol–water partition coefficient (Wildman–Crippen LogP) is 2.03. The van der Waals surface area contributed by atoms with Gasteiger partial charge in [-0.05, 0) is 25.0 Å². The smallest absolute Gasteiger partial charge is 0.203 e. The van der Waals surface area contributed by atoms with E-state index in [9.17, 15) is 5.11 Å². The quantitative estimate of drug-likeness (QED) is 0.789. The van der Waals surface area contributed by atoms with Crippen LogP contribution in [0.1, 0.15) is 24.6 Å². The normalized spacial score (nSPS) is 18.1. The fourth-order valence-corrected chi connectivity index (χ4v) is 3.56. The maximum atomic E-state index is 10.1. The van der Waals surface area contributed by atoms with E-state index in [1.807, 2.05) is 30.6 Å². The molecule has 0 bridgehead atoms. The Bertz CT molecular complexity index is 911. The highest BCUT2D eigenvalue weighted by molar-refractivity contribution is 5.65. The number of nitrogens with zero attached hydrogens (tertiary/aromatic N) is 6. The Morgan fingerprint density at radius 1 is 0.960 bits per heavy atom. The highest BCUT2D eigenvalue weighted by Gasteiger charge is 2.30. The van der Waals surface area contributed by atoms with E-state index in [0.717, 1.165) is 49.2 Å². The molecule has 0 radical (unpaired) electrons. The largest absolute Gasteiger partial charge is 0.506 e. The molecule has 1 saturated carbocycles. The number of anilines is 2. The van der Waals surface area contributed by atoms with Gasteiger partial charge in [0.2, 0.25) is 5.65 Å². The highest BCUT2D eigenvalue weighted by atomic mass is 16.3. The molecule has 7 heteroatoms. The third kappa shape index (κ3) is 2.47. The summed E-state index contributed by atoms with van der Waals surface area (Å²) >= 11 is 0. The minimum Gasteiger partial charge on any atom is -0.506 e. The molecule has 0 unspecified atom stereocenters. The van der Waals surface area contributed by atoms with Crippen LogP contribution in [0.3, 0.4) is 0 Å². The van der Waals surface area contributed by atoms with E-state index in [1.54, 1.807) is 6.07 Å². The van der Waals surface area contributed by atoms with E-state index in [-0.39, 0.29) is 0 Å². The third-order valence-corrected chi connectivity index (χ3v) is 5.08. The Hall–Kier alpha value is -2.83. The van der Waals surface area contributed by atoms with Crippen LogP contribution in [0.5, 0.6) is 5.75 Å². The summed E-state index contributed by atoms with van der Waals surface area (Å²) in [4.78, 5) is 9.05. The van der Waals surface area contributed by atoms with Gasteiger partial charge >= 0.3 is 0 Å². The molecule has 5 rings (SSSR count). The van der Waals surface area contributed by atoms with Gasteiger partial charge in [-0.1, -0.05) is 12.1 Å². The lowest BCUT2D eigenvalue weighted by atomic mass is 10.2. The zero-order valence-corrected chi connectivity index (χ0v) is 13.9. The lowest BCUT2D eigenvalue weighted by molar-refractivity contribution is 0.472. The molecule has 1 aromatic carbocycles. The Labute approximate surface area is 145 Å². The summed E-state index contributed by atoms with van der Waals surface area (Å²) in [5, 5.41) is 18.8. The number of phenols is 1. The van der Waals surface area contributed by atoms with Crippen LogP contribution in [0.2, 0.25) is 0 Å². The number of aromatic nitrogens is 4. The average Bonchev–Trinajstić information content (AvgIpc) is 3.41. The molecule has 2 aliphatic rings. The molecule has 7 nitrogen and oxygen atoms in total. The molecule has 0 atom stereocenters. The van der Waals surface area contributed by atoms with Gasteiger partial charge in [0.1, 0.15) is 11.6 Å². The SMILES string of the molecule is Oc1ccccc1N1CCN(c2nccn3c(C4CC4)nnc23)CC1. The van der Waals surface area contributed by atoms with Gasteiger partial charge in [0.05, 0.1) is 5.69 Å². The molecule has 25 heavy (non-hydrogen) atoms. The van der Waals surface area contributed by atoms with Crippen molar-refractivity contribution in [1.29, 1.82) is 0 Å². The standard InChI is InChI=1S/C18H20N6O/c25-15-4-2-1-3-14(15)22-9-11-23(12-10-22)17-18-21-20-16(13-5-6-13)24(18)8-7-19-17/h1-4,7-8,13,25H,5-6,9-12H2. The van der Waals surface area contributed by atoms with Gasteiger partial charge in [-0.2, -0.15) is 0 Å². The van der Waals surface area contributed by atoms with Gasteiger partial charge in [-0.3, -0.25) is 4.40 Å². The van der Waals surface area contributed by atoms with Gasteiger partial charge in [0, 0.05) is 44.5 Å². The van der Waals surface area contributed by atoms with Crippen molar-refractivity contribution in [2.75, 3.05) is 36.0 Å². The van der Waals surface area contributed by atoms with E-state index in [2.05, 4.69) is 29.4 Å². The number of piperazine rings is 1. The topological polar surface area (TPSA) is 69.8 Å². The molecule has 0 spiro atoms. The Morgan fingerprint density at radius 2 is 1.72 bits per heavy atom. The number of fused-ring (bicyclic) bond motifs is 1. The zero-order chi connectivity index (χ0) is 16.8. The Morgan fingerprint density at radius 3 is 2.48 bits per heavy atom. The van der Waals surface area contributed by atoms with Crippen molar-refractivity contribution < 1.29 is 5.11 Å². The first kappa shape index (κ1) is 14.5. The third-order valence-electron chi connectivity index (χ3n) is 5.08. The van der Waals surface area contributed by atoms with Crippen molar-refractivity contribution in [2.45, 2.75) is 18.8 Å². The van der Waals surface area contributed by atoms with Crippen molar-refractivity contribution in [3.05, 3.63) is 42.5 Å². The lowest BCUT2D eigenvalue weighted by Gasteiger charge is -2.36. The highest BCUT2D eigenvalue weighted by Crippen LogP contribution is 2.39. The van der Waals surface area contributed by atoms with Crippen LogP contribution in [0, 0.1) is 0 Å². The number of aromatic hydroxyl groups is 1. The first-order valence-corrected chi connectivity index (χ1v) is 8.79. The summed E-state index contributed by atoms with van der Waals surface area (Å²) in [6.07, 6.45) is 6.22. The van der Waals surface area contributed by atoms with Gasteiger partial charge in [-0.25, -0.2) is 4.98 Å². The minimum absolute atomic E-state index is 0.336. The average molecular weight is 336 g/mol. The Kier molecular flexibility index (Phi) is 3.26. The van der Waals surface area contributed by atoms with E-state index in [1.165, 1.54) is 12.8 Å². The summed E-state index contributed by atoms with van der Waals surface area (Å²) < 4.78 is 2.09. The molecule has 2 aromatic heterocycles. The summed E-state index contributed by atoms with van der Waals surface area (Å²) in [6, 6.07) is 7.51. The lowest BCUT2D eigenvalue weighted by Crippen LogP contribution is -2.47. The molecule has 1 N–H and O–H groups in total. The van der Waals surface area contributed by atoms with Crippen LogP contribution in [0.25, 0.3) is 5.65 Å². The Balaban J connectivity index is 1.39. The van der Waals surface area contributed by atoms with Gasteiger partial charge in [-0.15, -0.1) is 10.2 Å². The molecule has 1 saturated heterocycles. The molecule has 3 aromatic rings. The molecule has 1 aliphatic carbocycles. The monoisotopic (exact) mass is 336 g/mol. The second kappa shape index (κ2) is 5.61. The number of hydrogen-bond donors (Lipinski definition) is 1. The minimum atomic E-state index is 0.336. The van der Waals surface area contributed by atoms with Crippen LogP contribution in [0.15, 0.2) is 36.7 Å². The first-order valence-electron chi connectivity index (χ1n) is 8.79. The summed E-state index contributed by atoms with van der Waals surface area (Å²) in [5.41, 5.74) is 1.74. The van der Waals surface area contributed by atoms with Crippen molar-refractivity contribution in [3.8, 4) is 5.75 Å². The zero-order valence-electron chi connectivity index (χ0n) is 13.9. The summed E-state index contributed by atoms with van der Waals surface area (Å²) in [6.45, 7) is 3.35. The second-order valence-electron chi connectivity index (χ2n) is 6.74.